The fourth-order valence-corrected chi connectivity index (χ4v) is 5.56. The van der Waals surface area contributed by atoms with Crippen LogP contribution in [0.25, 0.3) is 10.8 Å². The molecular formula is C42H42N2O7. The van der Waals surface area contributed by atoms with Crippen molar-refractivity contribution in [1.82, 2.24) is 5.32 Å². The summed E-state index contributed by atoms with van der Waals surface area (Å²) in [5.74, 6) is -1.49. The van der Waals surface area contributed by atoms with Crippen LogP contribution in [0.1, 0.15) is 70.9 Å². The number of unbranched alkanes of at least 4 members (excludes halogenated alkanes) is 4. The second-order valence-electron chi connectivity index (χ2n) is 12.4. The Labute approximate surface area is 297 Å². The molecule has 0 spiro atoms. The van der Waals surface area contributed by atoms with Crippen LogP contribution in [0.15, 0.2) is 115 Å². The third-order valence-corrected chi connectivity index (χ3v) is 8.39. The van der Waals surface area contributed by atoms with Crippen molar-refractivity contribution >= 4 is 40.2 Å². The minimum Gasteiger partial charge on any atom is -0.494 e. The maximum atomic E-state index is 12.9. The number of ether oxygens (including phenoxy) is 2. The second-order valence-corrected chi connectivity index (χ2v) is 12.4. The minimum atomic E-state index is -1.20. The molecule has 0 aliphatic rings. The van der Waals surface area contributed by atoms with E-state index in [1.54, 1.807) is 60.7 Å². The summed E-state index contributed by atoms with van der Waals surface area (Å²) in [6, 6.07) is 32.1. The molecule has 3 N–H and O–H groups in total. The molecule has 0 aliphatic carbocycles. The smallest absolute Gasteiger partial charge is 0.343 e. The minimum absolute atomic E-state index is 0.0122. The average Bonchev–Trinajstić information content (AvgIpc) is 3.14. The third kappa shape index (κ3) is 11.0. The van der Waals surface area contributed by atoms with Gasteiger partial charge in [-0.05, 0) is 89.0 Å². The van der Waals surface area contributed by atoms with Crippen LogP contribution in [0, 0.1) is 0 Å². The molecule has 0 unspecified atom stereocenters. The van der Waals surface area contributed by atoms with Gasteiger partial charge in [0.2, 0.25) is 5.91 Å². The number of amides is 2. The molecule has 51 heavy (non-hydrogen) atoms. The number of fused-ring (bicyclic) bond motifs is 1. The van der Waals surface area contributed by atoms with Gasteiger partial charge in [0.25, 0.3) is 5.91 Å². The zero-order valence-corrected chi connectivity index (χ0v) is 28.6. The zero-order chi connectivity index (χ0) is 36.0. The maximum absolute atomic E-state index is 12.9. The molecule has 0 fully saturated rings. The molecule has 5 rings (SSSR count). The number of aliphatic carboxylic acids is 1. The topological polar surface area (TPSA) is 131 Å². The van der Waals surface area contributed by atoms with Crippen LogP contribution in [0.4, 0.5) is 5.69 Å². The lowest BCUT2D eigenvalue weighted by Gasteiger charge is -2.15. The fourth-order valence-electron chi connectivity index (χ4n) is 5.56. The molecule has 0 bridgehead atoms. The van der Waals surface area contributed by atoms with Crippen molar-refractivity contribution in [3.8, 4) is 11.5 Å². The Bertz CT molecular complexity index is 1940. The second kappa shape index (κ2) is 18.2. The number of anilines is 1. The Hall–Kier alpha value is -5.96. The van der Waals surface area contributed by atoms with Gasteiger partial charge >= 0.3 is 11.9 Å². The standard InChI is InChI=1S/C42H42N2O7/c1-2-3-4-5-8-25-50-36-23-17-33(18-24-36)42(49)51-37-21-12-29(13-22-37)27-38(41(47)48)44-40(46)32-15-19-35(20-16-32)43-39(45)28-30-11-14-31-9-6-7-10-34(31)26-30/h6-7,9-24,26,38H,2-5,8,25,27-28H2,1H3,(H,43,45)(H,44,46)(H,47,48)/t38-/m0/s1. The lowest BCUT2D eigenvalue weighted by Crippen LogP contribution is -2.42. The lowest BCUT2D eigenvalue weighted by molar-refractivity contribution is -0.139. The predicted octanol–water partition coefficient (Wildman–Crippen LogP) is 8.02. The van der Waals surface area contributed by atoms with Crippen molar-refractivity contribution in [3.05, 3.63) is 138 Å². The van der Waals surface area contributed by atoms with E-state index in [-0.39, 0.29) is 24.3 Å². The van der Waals surface area contributed by atoms with Crippen molar-refractivity contribution < 1.29 is 33.8 Å². The van der Waals surface area contributed by atoms with Crippen LogP contribution in [0.3, 0.4) is 0 Å². The number of carboxylic acid groups (broad SMARTS) is 1. The molecule has 262 valence electrons. The summed E-state index contributed by atoms with van der Waals surface area (Å²) in [4.78, 5) is 50.3. The quantitative estimate of drug-likeness (QED) is 0.0513. The average molecular weight is 687 g/mol. The first-order valence-electron chi connectivity index (χ1n) is 17.2. The molecular weight excluding hydrogens is 644 g/mol. The summed E-state index contributed by atoms with van der Waals surface area (Å²) in [5.41, 5.74) is 2.65. The van der Waals surface area contributed by atoms with Crippen molar-refractivity contribution in [2.75, 3.05) is 11.9 Å². The number of nitrogens with one attached hydrogen (secondary N) is 2. The molecule has 0 heterocycles. The van der Waals surface area contributed by atoms with Gasteiger partial charge in [0.1, 0.15) is 17.5 Å². The molecule has 9 heteroatoms. The molecule has 0 saturated carbocycles. The van der Waals surface area contributed by atoms with E-state index in [0.717, 1.165) is 29.2 Å². The number of carboxylic acids is 1. The molecule has 2 amide bonds. The Balaban J connectivity index is 1.08. The highest BCUT2D eigenvalue weighted by atomic mass is 16.5. The van der Waals surface area contributed by atoms with Gasteiger partial charge in [-0.15, -0.1) is 0 Å². The van der Waals surface area contributed by atoms with Crippen LogP contribution in [0.5, 0.6) is 11.5 Å². The Morgan fingerprint density at radius 2 is 1.33 bits per heavy atom. The van der Waals surface area contributed by atoms with Gasteiger partial charge in [-0.25, -0.2) is 9.59 Å². The fraction of sp³-hybridized carbons (Fsp3) is 0.238. The number of esters is 1. The van der Waals surface area contributed by atoms with E-state index >= 15 is 0 Å². The summed E-state index contributed by atoms with van der Waals surface area (Å²) in [5, 5.41) is 17.4. The normalized spacial score (nSPS) is 11.4. The molecule has 5 aromatic rings. The van der Waals surface area contributed by atoms with Gasteiger partial charge in [-0.3, -0.25) is 9.59 Å². The van der Waals surface area contributed by atoms with E-state index in [1.165, 1.54) is 31.4 Å². The van der Waals surface area contributed by atoms with E-state index in [9.17, 15) is 24.3 Å². The van der Waals surface area contributed by atoms with E-state index in [1.807, 2.05) is 42.5 Å². The van der Waals surface area contributed by atoms with Gasteiger partial charge in [0.05, 0.1) is 18.6 Å². The Morgan fingerprint density at radius 1 is 0.686 bits per heavy atom. The first-order chi connectivity index (χ1) is 24.8. The summed E-state index contributed by atoms with van der Waals surface area (Å²) >= 11 is 0. The van der Waals surface area contributed by atoms with Gasteiger partial charge in [-0.1, -0.05) is 87.2 Å². The predicted molar refractivity (Wildman–Crippen MR) is 197 cm³/mol. The summed E-state index contributed by atoms with van der Waals surface area (Å²) in [6.07, 6.45) is 5.97. The van der Waals surface area contributed by atoms with E-state index in [4.69, 9.17) is 9.47 Å². The lowest BCUT2D eigenvalue weighted by atomic mass is 10.0. The van der Waals surface area contributed by atoms with E-state index < -0.39 is 23.9 Å². The Kier molecular flexibility index (Phi) is 12.9. The summed E-state index contributed by atoms with van der Waals surface area (Å²) in [6.45, 7) is 2.82. The number of carbonyl (C=O) groups excluding carboxylic acids is 3. The molecule has 0 radical (unpaired) electrons. The Morgan fingerprint density at radius 3 is 2.04 bits per heavy atom. The third-order valence-electron chi connectivity index (χ3n) is 8.39. The van der Waals surface area contributed by atoms with Crippen molar-refractivity contribution in [1.29, 1.82) is 0 Å². The van der Waals surface area contributed by atoms with Crippen molar-refractivity contribution in [2.45, 2.75) is 57.9 Å². The first kappa shape index (κ1) is 36.3. The molecule has 5 aromatic carbocycles. The first-order valence-corrected chi connectivity index (χ1v) is 17.2. The van der Waals surface area contributed by atoms with Crippen molar-refractivity contribution in [3.63, 3.8) is 0 Å². The van der Waals surface area contributed by atoms with Crippen LogP contribution in [-0.4, -0.2) is 41.5 Å². The van der Waals surface area contributed by atoms with E-state index in [0.29, 0.717) is 34.9 Å². The van der Waals surface area contributed by atoms with Gasteiger partial charge in [0, 0.05) is 17.7 Å². The molecule has 9 nitrogen and oxygen atoms in total. The molecule has 0 aromatic heterocycles. The van der Waals surface area contributed by atoms with Gasteiger partial charge in [0.15, 0.2) is 0 Å². The summed E-state index contributed by atoms with van der Waals surface area (Å²) in [7, 11) is 0. The zero-order valence-electron chi connectivity index (χ0n) is 28.6. The highest BCUT2D eigenvalue weighted by Gasteiger charge is 2.21. The van der Waals surface area contributed by atoms with Crippen LogP contribution in [-0.2, 0) is 22.4 Å². The molecule has 1 atom stereocenters. The number of hydrogen-bond donors (Lipinski definition) is 3. The number of hydrogen-bond acceptors (Lipinski definition) is 6. The largest absolute Gasteiger partial charge is 0.494 e. The van der Waals surface area contributed by atoms with E-state index in [2.05, 4.69) is 17.6 Å². The number of rotatable bonds is 17. The highest BCUT2D eigenvalue weighted by Crippen LogP contribution is 2.20. The summed E-state index contributed by atoms with van der Waals surface area (Å²) < 4.78 is 11.3. The molecule has 0 saturated heterocycles. The highest BCUT2D eigenvalue weighted by molar-refractivity contribution is 5.98. The van der Waals surface area contributed by atoms with Crippen LogP contribution in [0.2, 0.25) is 0 Å². The maximum Gasteiger partial charge on any atom is 0.343 e. The van der Waals surface area contributed by atoms with Gasteiger partial charge in [-0.2, -0.15) is 0 Å². The van der Waals surface area contributed by atoms with Crippen LogP contribution < -0.4 is 20.1 Å². The monoisotopic (exact) mass is 686 g/mol. The van der Waals surface area contributed by atoms with Crippen LogP contribution >= 0.6 is 0 Å². The van der Waals surface area contributed by atoms with Gasteiger partial charge < -0.3 is 25.2 Å². The SMILES string of the molecule is CCCCCCCOc1ccc(C(=O)Oc2ccc(C[C@H](NC(=O)c3ccc(NC(=O)Cc4ccc5ccccc5c4)cc3)C(=O)O)cc2)cc1. The number of benzene rings is 5. The molecule has 0 aliphatic heterocycles. The van der Waals surface area contributed by atoms with Crippen molar-refractivity contribution in [2.24, 2.45) is 0 Å². The number of carbonyl (C=O) groups is 4.